The van der Waals surface area contributed by atoms with Crippen molar-refractivity contribution in [3.8, 4) is 11.8 Å². The van der Waals surface area contributed by atoms with Crippen molar-refractivity contribution in [1.82, 2.24) is 0 Å². The first kappa shape index (κ1) is 16.4. The van der Waals surface area contributed by atoms with Crippen LogP contribution in [0.1, 0.15) is 39.7 Å². The van der Waals surface area contributed by atoms with Crippen LogP contribution in [-0.4, -0.2) is 0 Å². The highest BCUT2D eigenvalue weighted by atomic mass is 14.1. The zero-order chi connectivity index (χ0) is 16.0. The fourth-order valence-corrected chi connectivity index (χ4v) is 2.55. The average Bonchev–Trinajstić information content (AvgIpc) is 2.46. The topological polar surface area (TPSA) is 0 Å². The zero-order valence-electron chi connectivity index (χ0n) is 14.2. The van der Waals surface area contributed by atoms with Crippen LogP contribution in [0.25, 0.3) is 10.8 Å². The van der Waals surface area contributed by atoms with Crippen LogP contribution in [0.2, 0.25) is 0 Å². The van der Waals surface area contributed by atoms with Crippen LogP contribution in [-0.2, 0) is 6.42 Å². The van der Waals surface area contributed by atoms with E-state index in [1.165, 1.54) is 16.3 Å². The molecule has 0 amide bonds. The molecule has 1 atom stereocenters. The summed E-state index contributed by atoms with van der Waals surface area (Å²) in [5.74, 6) is 7.00. The minimum Gasteiger partial charge on any atom is -0.0926 e. The zero-order valence-corrected chi connectivity index (χ0v) is 14.2. The summed E-state index contributed by atoms with van der Waals surface area (Å²) in [6, 6.07) is 15.2. The highest BCUT2D eigenvalue weighted by Crippen LogP contribution is 2.22. The Labute approximate surface area is 135 Å². The Morgan fingerprint density at radius 1 is 1.05 bits per heavy atom. The predicted octanol–water partition coefficient (Wildman–Crippen LogP) is 6.01. The monoisotopic (exact) mass is 290 g/mol. The Morgan fingerprint density at radius 3 is 2.55 bits per heavy atom. The molecule has 0 saturated heterocycles. The van der Waals surface area contributed by atoms with Gasteiger partial charge in [0.2, 0.25) is 0 Å². The fraction of sp³-hybridized carbons (Fsp3) is 0.364. The predicted molar refractivity (Wildman–Crippen MR) is 97.8 cm³/mol. The Bertz CT molecular complexity index is 697. The van der Waals surface area contributed by atoms with E-state index in [0.29, 0.717) is 5.92 Å². The molecule has 2 aromatic rings. The van der Waals surface area contributed by atoms with Gasteiger partial charge in [0.15, 0.2) is 0 Å². The van der Waals surface area contributed by atoms with Crippen molar-refractivity contribution >= 4 is 10.8 Å². The minimum absolute atomic E-state index is 0.0823. The number of fused-ring (bicyclic) bond motifs is 1. The van der Waals surface area contributed by atoms with E-state index < -0.39 is 0 Å². The largest absolute Gasteiger partial charge is 0.0926 e. The number of hydrogen-bond acceptors (Lipinski definition) is 0. The van der Waals surface area contributed by atoms with Gasteiger partial charge < -0.3 is 0 Å². The van der Waals surface area contributed by atoms with Crippen LogP contribution in [0.4, 0.5) is 0 Å². The van der Waals surface area contributed by atoms with Gasteiger partial charge in [0, 0.05) is 5.41 Å². The maximum atomic E-state index is 3.23. The molecular formula is C22H26. The van der Waals surface area contributed by atoms with Gasteiger partial charge >= 0.3 is 0 Å². The Morgan fingerprint density at radius 2 is 1.77 bits per heavy atom. The lowest BCUT2D eigenvalue weighted by molar-refractivity contribution is 0.571. The summed E-state index contributed by atoms with van der Waals surface area (Å²) in [6.45, 7) is 8.72. The lowest BCUT2D eigenvalue weighted by Gasteiger charge is -2.11. The smallest absolute Gasteiger partial charge is 0.0233 e. The van der Waals surface area contributed by atoms with Crippen LogP contribution < -0.4 is 0 Å². The molecule has 0 spiro atoms. The second-order valence-corrected chi connectivity index (χ2v) is 7.10. The normalized spacial score (nSPS) is 13.1. The second kappa shape index (κ2) is 7.32. The summed E-state index contributed by atoms with van der Waals surface area (Å²) in [5.41, 5.74) is 1.53. The quantitative estimate of drug-likeness (QED) is 0.604. The number of hydrogen-bond donors (Lipinski definition) is 0. The summed E-state index contributed by atoms with van der Waals surface area (Å²) in [7, 11) is 0. The molecule has 0 heterocycles. The molecule has 0 bridgehead atoms. The van der Waals surface area contributed by atoms with Gasteiger partial charge in [-0.15, -0.1) is 0 Å². The molecule has 0 aliphatic heterocycles. The summed E-state index contributed by atoms with van der Waals surface area (Å²) >= 11 is 0. The first-order valence-electron chi connectivity index (χ1n) is 8.10. The Balaban J connectivity index is 1.98. The van der Waals surface area contributed by atoms with Gasteiger partial charge in [0.05, 0.1) is 0 Å². The third kappa shape index (κ3) is 5.08. The maximum absolute atomic E-state index is 3.23. The van der Waals surface area contributed by atoms with Crippen molar-refractivity contribution in [2.75, 3.05) is 0 Å². The molecule has 0 saturated carbocycles. The molecule has 0 aromatic heterocycles. The molecular weight excluding hydrogens is 264 g/mol. The molecule has 2 rings (SSSR count). The van der Waals surface area contributed by atoms with Crippen LogP contribution in [0.3, 0.4) is 0 Å². The number of rotatable bonds is 4. The van der Waals surface area contributed by atoms with Crippen LogP contribution >= 0.6 is 0 Å². The molecule has 1 unspecified atom stereocenters. The second-order valence-electron chi connectivity index (χ2n) is 7.10. The Kier molecular flexibility index (Phi) is 5.45. The number of allylic oxidation sites excluding steroid dienone is 2. The SMILES string of the molecule is CC(C/C=C/C#CC(C)(C)C)Cc1cccc2ccccc12. The molecule has 114 valence electrons. The molecule has 0 nitrogen and oxygen atoms in total. The van der Waals surface area contributed by atoms with Crippen LogP contribution in [0.5, 0.6) is 0 Å². The van der Waals surface area contributed by atoms with Crippen molar-refractivity contribution in [3.05, 3.63) is 60.2 Å². The summed E-state index contributed by atoms with van der Waals surface area (Å²) < 4.78 is 0. The molecule has 0 heteroatoms. The van der Waals surface area contributed by atoms with Gasteiger partial charge in [-0.05, 0) is 61.9 Å². The van der Waals surface area contributed by atoms with Gasteiger partial charge in [-0.3, -0.25) is 0 Å². The average molecular weight is 290 g/mol. The van der Waals surface area contributed by atoms with E-state index in [2.05, 4.69) is 88.1 Å². The third-order valence-corrected chi connectivity index (χ3v) is 3.64. The first-order valence-corrected chi connectivity index (χ1v) is 8.10. The van der Waals surface area contributed by atoms with E-state index in [1.807, 2.05) is 6.08 Å². The molecule has 0 fully saturated rings. The van der Waals surface area contributed by atoms with E-state index in [-0.39, 0.29) is 5.41 Å². The summed E-state index contributed by atoms with van der Waals surface area (Å²) in [5, 5.41) is 2.71. The van der Waals surface area contributed by atoms with Crippen LogP contribution in [0, 0.1) is 23.2 Å². The molecule has 0 aliphatic carbocycles. The first-order chi connectivity index (χ1) is 10.5. The van der Waals surface area contributed by atoms with Gasteiger partial charge in [-0.25, -0.2) is 0 Å². The van der Waals surface area contributed by atoms with Gasteiger partial charge in [-0.1, -0.05) is 67.3 Å². The Hall–Kier alpha value is -2.00. The van der Waals surface area contributed by atoms with Crippen molar-refractivity contribution < 1.29 is 0 Å². The van der Waals surface area contributed by atoms with E-state index in [4.69, 9.17) is 0 Å². The molecule has 0 N–H and O–H groups in total. The van der Waals surface area contributed by atoms with Crippen molar-refractivity contribution in [2.24, 2.45) is 11.3 Å². The van der Waals surface area contributed by atoms with E-state index >= 15 is 0 Å². The number of benzene rings is 2. The highest BCUT2D eigenvalue weighted by molar-refractivity contribution is 5.85. The highest BCUT2D eigenvalue weighted by Gasteiger charge is 2.05. The van der Waals surface area contributed by atoms with Gasteiger partial charge in [0.1, 0.15) is 0 Å². The van der Waals surface area contributed by atoms with E-state index in [1.54, 1.807) is 0 Å². The maximum Gasteiger partial charge on any atom is 0.0233 e. The third-order valence-electron chi connectivity index (χ3n) is 3.64. The van der Waals surface area contributed by atoms with Crippen molar-refractivity contribution in [3.63, 3.8) is 0 Å². The van der Waals surface area contributed by atoms with Gasteiger partial charge in [-0.2, -0.15) is 0 Å². The minimum atomic E-state index is 0.0823. The van der Waals surface area contributed by atoms with Crippen LogP contribution in [0.15, 0.2) is 54.6 Å². The molecule has 0 radical (unpaired) electrons. The summed E-state index contributed by atoms with van der Waals surface area (Å²) in [4.78, 5) is 0. The molecule has 0 aliphatic rings. The van der Waals surface area contributed by atoms with Crippen molar-refractivity contribution in [2.45, 2.75) is 40.5 Å². The van der Waals surface area contributed by atoms with Crippen molar-refractivity contribution in [1.29, 1.82) is 0 Å². The molecule has 22 heavy (non-hydrogen) atoms. The molecule has 2 aromatic carbocycles. The fourth-order valence-electron chi connectivity index (χ4n) is 2.55. The lowest BCUT2D eigenvalue weighted by Crippen LogP contribution is -1.99. The van der Waals surface area contributed by atoms with E-state index in [9.17, 15) is 0 Å². The standard InChI is InChI=1S/C22H26/c1-18(11-6-5-9-16-22(2,3)4)17-20-14-10-13-19-12-7-8-15-21(19)20/h5-8,10,12-15,18H,11,17H2,1-4H3/b6-5+. The lowest BCUT2D eigenvalue weighted by atomic mass is 9.94. The van der Waals surface area contributed by atoms with Gasteiger partial charge in [0.25, 0.3) is 0 Å². The van der Waals surface area contributed by atoms with E-state index in [0.717, 1.165) is 12.8 Å². The summed E-state index contributed by atoms with van der Waals surface area (Å²) in [6.07, 6.45) is 6.39.